The molecule has 0 unspecified atom stereocenters. The molecule has 2 heterocycles. The minimum Gasteiger partial charge on any atom is -0.549 e. The topological polar surface area (TPSA) is 154 Å². The van der Waals surface area contributed by atoms with E-state index in [1.807, 2.05) is 0 Å². The highest BCUT2D eigenvalue weighted by Crippen LogP contribution is 2.21. The lowest BCUT2D eigenvalue weighted by molar-refractivity contribution is -0.304. The van der Waals surface area contributed by atoms with Crippen molar-refractivity contribution in [3.63, 3.8) is 0 Å². The van der Waals surface area contributed by atoms with Crippen LogP contribution in [0, 0.1) is 0 Å². The van der Waals surface area contributed by atoms with Gasteiger partial charge in [-0.15, -0.1) is 0 Å². The van der Waals surface area contributed by atoms with E-state index < -0.39 is 22.7 Å². The molecule has 0 aliphatic rings. The van der Waals surface area contributed by atoms with Crippen molar-refractivity contribution >= 4 is 51.1 Å². The Morgan fingerprint density at radius 1 is 1.52 bits per heavy atom. The number of anilines is 2. The molecule has 0 fully saturated rings. The van der Waals surface area contributed by atoms with E-state index in [0.29, 0.717) is 4.67 Å². The molecule has 23 heavy (non-hydrogen) atoms. The lowest BCUT2D eigenvalue weighted by Gasteiger charge is -2.12. The van der Waals surface area contributed by atoms with E-state index in [-0.39, 0.29) is 22.4 Å². The van der Waals surface area contributed by atoms with E-state index in [1.54, 1.807) is 0 Å². The fraction of sp³-hybridized carbons (Fsp3) is 0.167. The Balaban J connectivity index is 2.22. The van der Waals surface area contributed by atoms with Crippen molar-refractivity contribution < 1.29 is 19.1 Å². The number of nitrogen functional groups attached to an aromatic ring is 1. The van der Waals surface area contributed by atoms with Crippen LogP contribution < -0.4 is 21.7 Å². The van der Waals surface area contributed by atoms with Crippen molar-refractivity contribution in [1.82, 2.24) is 9.97 Å². The van der Waals surface area contributed by atoms with Gasteiger partial charge in [-0.2, -0.15) is 0 Å². The van der Waals surface area contributed by atoms with E-state index in [1.165, 1.54) is 19.1 Å². The average molecular weight is 402 g/mol. The molecule has 2 aromatic rings. The van der Waals surface area contributed by atoms with Gasteiger partial charge in [0.15, 0.2) is 27.1 Å². The number of rotatable bonds is 5. The Morgan fingerprint density at radius 2 is 2.22 bits per heavy atom. The second kappa shape index (κ2) is 6.87. The molecule has 0 aliphatic carbocycles. The van der Waals surface area contributed by atoms with Gasteiger partial charge in [-0.1, -0.05) is 11.8 Å². The molecule has 4 N–H and O–H groups in total. The van der Waals surface area contributed by atoms with Gasteiger partial charge in [0.2, 0.25) is 0 Å². The van der Waals surface area contributed by atoms with Crippen molar-refractivity contribution in [2.24, 2.45) is 0 Å². The quantitative estimate of drug-likeness (QED) is 0.473. The largest absolute Gasteiger partial charge is 0.549 e. The van der Waals surface area contributed by atoms with Gasteiger partial charge in [-0.25, -0.2) is 4.98 Å². The van der Waals surface area contributed by atoms with Crippen molar-refractivity contribution in [3.05, 3.63) is 32.9 Å². The Bertz CT molecular complexity index is 818. The van der Waals surface area contributed by atoms with E-state index in [2.05, 4.69) is 31.2 Å². The molecule has 122 valence electrons. The van der Waals surface area contributed by atoms with Gasteiger partial charge in [0.05, 0.1) is 5.97 Å². The Hall–Kier alpha value is -2.27. The summed E-state index contributed by atoms with van der Waals surface area (Å²) >= 11 is 3.81. The van der Waals surface area contributed by atoms with E-state index >= 15 is 0 Å². The number of aliphatic carboxylic acids is 1. The molecular weight excluding hydrogens is 392 g/mol. The second-order valence-corrected chi connectivity index (χ2v) is 6.38. The monoisotopic (exact) mass is 401 g/mol. The summed E-state index contributed by atoms with van der Waals surface area (Å²) in [6, 6.07) is 2.92. The van der Waals surface area contributed by atoms with Crippen LogP contribution in [0.5, 0.6) is 0 Å². The van der Waals surface area contributed by atoms with Crippen molar-refractivity contribution in [1.29, 1.82) is 0 Å². The van der Waals surface area contributed by atoms with Crippen LogP contribution in [0.25, 0.3) is 0 Å². The molecule has 2 rings (SSSR count). The number of nitrogens with one attached hydrogen (secondary N) is 2. The Morgan fingerprint density at radius 3 is 2.74 bits per heavy atom. The SMILES string of the molecule is C[C@H](Sc1nc(N)c(NC(=O)c2ccc(Br)o2)c(=O)[nH]1)C(=O)[O-]. The molecule has 0 aromatic carbocycles. The number of furan rings is 1. The number of nitrogens with two attached hydrogens (primary N) is 1. The van der Waals surface area contributed by atoms with Crippen LogP contribution in [0.15, 0.2) is 31.2 Å². The fourth-order valence-corrected chi connectivity index (χ4v) is 2.51. The molecule has 0 saturated heterocycles. The molecule has 2 aromatic heterocycles. The van der Waals surface area contributed by atoms with Crippen LogP contribution in [-0.4, -0.2) is 27.1 Å². The van der Waals surface area contributed by atoms with Crippen LogP contribution in [-0.2, 0) is 4.79 Å². The number of nitrogens with zero attached hydrogens (tertiary/aromatic N) is 1. The first kappa shape index (κ1) is 17.1. The van der Waals surface area contributed by atoms with Crippen LogP contribution in [0.2, 0.25) is 0 Å². The van der Waals surface area contributed by atoms with Crippen LogP contribution in [0.3, 0.4) is 0 Å². The smallest absolute Gasteiger partial charge is 0.291 e. The van der Waals surface area contributed by atoms with Crippen LogP contribution in [0.4, 0.5) is 11.5 Å². The maximum atomic E-state index is 12.0. The predicted octanol–water partition coefficient (Wildman–Crippen LogP) is 0.190. The first-order chi connectivity index (χ1) is 10.8. The van der Waals surface area contributed by atoms with Crippen molar-refractivity contribution in [2.45, 2.75) is 17.3 Å². The van der Waals surface area contributed by atoms with Crippen LogP contribution >= 0.6 is 27.7 Å². The number of aromatic nitrogens is 2. The molecule has 1 atom stereocenters. The lowest BCUT2D eigenvalue weighted by atomic mass is 10.4. The minimum atomic E-state index is -1.31. The molecule has 0 aliphatic heterocycles. The van der Waals surface area contributed by atoms with Crippen molar-refractivity contribution in [2.75, 3.05) is 11.1 Å². The number of carboxylic acids is 1. The van der Waals surface area contributed by atoms with Crippen LogP contribution in [0.1, 0.15) is 17.5 Å². The maximum absolute atomic E-state index is 12.0. The third-order valence-electron chi connectivity index (χ3n) is 2.58. The van der Waals surface area contributed by atoms with E-state index in [0.717, 1.165) is 11.8 Å². The number of carbonyl (C=O) groups excluding carboxylic acids is 2. The summed E-state index contributed by atoms with van der Waals surface area (Å²) in [6.07, 6.45) is 0. The number of carbonyl (C=O) groups is 2. The number of aromatic amines is 1. The summed E-state index contributed by atoms with van der Waals surface area (Å²) < 4.78 is 5.41. The first-order valence-electron chi connectivity index (χ1n) is 6.12. The summed E-state index contributed by atoms with van der Waals surface area (Å²) in [7, 11) is 0. The second-order valence-electron chi connectivity index (χ2n) is 4.27. The zero-order chi connectivity index (χ0) is 17.1. The fourth-order valence-electron chi connectivity index (χ4n) is 1.47. The normalized spacial score (nSPS) is 11.9. The highest BCUT2D eigenvalue weighted by atomic mass is 79.9. The van der Waals surface area contributed by atoms with Gasteiger partial charge < -0.3 is 25.4 Å². The molecule has 9 nitrogen and oxygen atoms in total. The third kappa shape index (κ3) is 4.13. The molecule has 0 radical (unpaired) electrons. The van der Waals surface area contributed by atoms with Gasteiger partial charge in [0.1, 0.15) is 0 Å². The lowest BCUT2D eigenvalue weighted by Crippen LogP contribution is -2.31. The van der Waals surface area contributed by atoms with E-state index in [9.17, 15) is 19.5 Å². The number of amides is 1. The molecule has 0 spiro atoms. The number of halogens is 1. The maximum Gasteiger partial charge on any atom is 0.291 e. The van der Waals surface area contributed by atoms with Gasteiger partial charge in [0, 0.05) is 5.25 Å². The predicted molar refractivity (Wildman–Crippen MR) is 84.0 cm³/mol. The summed E-state index contributed by atoms with van der Waals surface area (Å²) in [5.74, 6) is -2.27. The van der Waals surface area contributed by atoms with Gasteiger partial charge in [0.25, 0.3) is 11.5 Å². The summed E-state index contributed by atoms with van der Waals surface area (Å²) in [5.41, 5.74) is 4.67. The summed E-state index contributed by atoms with van der Waals surface area (Å²) in [5, 5.41) is 12.1. The molecule has 11 heteroatoms. The minimum absolute atomic E-state index is 0.00272. The van der Waals surface area contributed by atoms with Gasteiger partial charge in [-0.05, 0) is 35.0 Å². The molecule has 0 bridgehead atoms. The summed E-state index contributed by atoms with van der Waals surface area (Å²) in [6.45, 7) is 1.38. The highest BCUT2D eigenvalue weighted by molar-refractivity contribution is 9.10. The zero-order valence-corrected chi connectivity index (χ0v) is 14.0. The van der Waals surface area contributed by atoms with Gasteiger partial charge >= 0.3 is 0 Å². The Labute approximate surface area is 141 Å². The molecule has 1 amide bonds. The Kier molecular flexibility index (Phi) is 5.11. The van der Waals surface area contributed by atoms with Gasteiger partial charge in [-0.3, -0.25) is 14.6 Å². The molecular formula is C12H10BrN4O5S-. The molecule has 0 saturated carbocycles. The van der Waals surface area contributed by atoms with E-state index in [4.69, 9.17) is 10.2 Å². The zero-order valence-electron chi connectivity index (χ0n) is 11.6. The number of thioether (sulfide) groups is 1. The first-order valence-corrected chi connectivity index (χ1v) is 7.79. The number of carboxylic acid groups (broad SMARTS) is 1. The number of H-pyrrole nitrogens is 1. The summed E-state index contributed by atoms with van der Waals surface area (Å²) in [4.78, 5) is 40.8. The highest BCUT2D eigenvalue weighted by Gasteiger charge is 2.17. The van der Waals surface area contributed by atoms with Crippen molar-refractivity contribution in [3.8, 4) is 0 Å². The number of hydrogen-bond donors (Lipinski definition) is 3. The average Bonchev–Trinajstić information content (AvgIpc) is 2.89. The standard InChI is InChI=1S/C12H11BrN4O5S/c1-4(11(20)21)23-12-16-8(14)7(10(19)17-12)15-9(18)5-2-3-6(13)22-5/h2-4H,1H3,(H,15,18)(H,20,21)(H3,14,16,17,19)/p-1/t4-/m0/s1. The third-order valence-corrected chi connectivity index (χ3v) is 3.97. The number of hydrogen-bond acceptors (Lipinski definition) is 8.